The van der Waals surface area contributed by atoms with Gasteiger partial charge in [-0.15, -0.1) is 0 Å². The summed E-state index contributed by atoms with van der Waals surface area (Å²) in [6.07, 6.45) is 8.79. The molecule has 1 radical (unpaired) electrons. The Labute approximate surface area is 255 Å². The number of aliphatic carboxylic acids is 1. The third-order valence-corrected chi connectivity index (χ3v) is 5.76. The van der Waals surface area contributed by atoms with E-state index in [0.717, 1.165) is 20.0 Å². The van der Waals surface area contributed by atoms with Crippen molar-refractivity contribution in [3.63, 3.8) is 0 Å². The van der Waals surface area contributed by atoms with Crippen molar-refractivity contribution in [3.8, 4) is 0 Å². The largest absolute Gasteiger partial charge is 1.00 e. The van der Waals surface area contributed by atoms with E-state index >= 15 is 0 Å². The van der Waals surface area contributed by atoms with Crippen molar-refractivity contribution in [1.82, 2.24) is 0 Å². The monoisotopic (exact) mass is 793 g/mol. The van der Waals surface area contributed by atoms with Gasteiger partial charge in [-0.2, -0.15) is 0 Å². The fourth-order valence-corrected chi connectivity index (χ4v) is 4.22. The maximum absolute atomic E-state index is 8.89. The number of rotatable bonds is 2. The molecule has 0 saturated heterocycles. The average molecular weight is 793 g/mol. The predicted molar refractivity (Wildman–Crippen MR) is 149 cm³/mol. The first-order valence-corrected chi connectivity index (χ1v) is 12.0. The van der Waals surface area contributed by atoms with Crippen LogP contribution in [0.4, 0.5) is 22.7 Å². The number of carboxylic acids is 1. The van der Waals surface area contributed by atoms with Crippen LogP contribution >= 0.6 is 0 Å². The molecule has 2 aliphatic rings. The average Bonchev–Trinajstić information content (AvgIpc) is 2.93. The second-order valence-corrected chi connectivity index (χ2v) is 8.31. The molecule has 197 valence electrons. The van der Waals surface area contributed by atoms with E-state index in [4.69, 9.17) is 9.90 Å². The van der Waals surface area contributed by atoms with Gasteiger partial charge in [0, 0.05) is 61.9 Å². The van der Waals surface area contributed by atoms with Crippen LogP contribution in [-0.4, -0.2) is 19.1 Å². The van der Waals surface area contributed by atoms with Gasteiger partial charge in [0.05, 0.1) is 0 Å². The first kappa shape index (κ1) is 31.0. The van der Waals surface area contributed by atoms with Crippen LogP contribution in [0.3, 0.4) is 0 Å². The Hall–Kier alpha value is -3.19. The van der Waals surface area contributed by atoms with Gasteiger partial charge in [0.1, 0.15) is 0 Å². The van der Waals surface area contributed by atoms with Crippen molar-refractivity contribution in [2.24, 2.45) is 0 Å². The van der Waals surface area contributed by atoms with Gasteiger partial charge < -0.3 is 43.7 Å². The minimum atomic E-state index is -1.08. The van der Waals surface area contributed by atoms with Gasteiger partial charge in [-0.3, -0.25) is 0 Å². The number of hydrogen-bond donors (Lipinski definition) is 0. The quantitative estimate of drug-likeness (QED) is 0.292. The predicted octanol–water partition coefficient (Wildman–Crippen LogP) is 3.46. The number of hydrogen-bond acceptors (Lipinski definition) is 4. The van der Waals surface area contributed by atoms with Crippen LogP contribution in [0.1, 0.15) is 18.1 Å². The summed E-state index contributed by atoms with van der Waals surface area (Å²) in [7, 11) is 0. The maximum Gasteiger partial charge on any atom is 0.0487 e. The Morgan fingerprint density at radius 2 is 0.921 bits per heavy atom. The zero-order valence-electron chi connectivity index (χ0n) is 21.0. The van der Waals surface area contributed by atoms with E-state index in [2.05, 4.69) is 143 Å². The Bertz CT molecular complexity index is 1240. The number of carbonyl (C=O) groups is 1. The molecule has 0 atom stereocenters. The summed E-state index contributed by atoms with van der Waals surface area (Å²) < 4.78 is 0. The molecular weight excluding hydrogens is 763 g/mol. The van der Waals surface area contributed by atoms with Crippen molar-refractivity contribution in [3.05, 3.63) is 132 Å². The van der Waals surface area contributed by atoms with Crippen LogP contribution < -0.4 is 38.9 Å². The number of carboxylic acid groups (broad SMARTS) is 1. The van der Waals surface area contributed by atoms with Crippen molar-refractivity contribution in [2.45, 2.75) is 6.92 Å². The minimum absolute atomic E-state index is 0. The molecule has 0 unspecified atom stereocenters. The molecule has 0 spiro atoms. The molecule has 6 rings (SSSR count). The first-order chi connectivity index (χ1) is 17.6. The third kappa shape index (κ3) is 8.42. The molecule has 6 heteroatoms. The summed E-state index contributed by atoms with van der Waals surface area (Å²) in [5, 5.41) is 8.89. The molecule has 0 amide bonds. The molecule has 38 heavy (non-hydrogen) atoms. The number of fused-ring (bicyclic) bond motifs is 2. The topological polar surface area (TPSA) is 46.6 Å². The van der Waals surface area contributed by atoms with Crippen LogP contribution in [0.2, 0.25) is 0 Å². The Kier molecular flexibility index (Phi) is 13.0. The van der Waals surface area contributed by atoms with Gasteiger partial charge in [0.15, 0.2) is 0 Å². The summed E-state index contributed by atoms with van der Waals surface area (Å²) >= 11 is 0. The summed E-state index contributed by atoms with van der Waals surface area (Å²) in [5.74, 6) is -1.08. The number of anilines is 4. The molecule has 0 bridgehead atoms. The zero-order chi connectivity index (χ0) is 25.2. The normalized spacial score (nSPS) is 12.1. The van der Waals surface area contributed by atoms with Crippen molar-refractivity contribution in [1.29, 1.82) is 0 Å². The van der Waals surface area contributed by atoms with Gasteiger partial charge >= 0.3 is 0 Å². The molecule has 0 saturated carbocycles. The summed E-state index contributed by atoms with van der Waals surface area (Å²) in [6, 6.07) is 38.0. The van der Waals surface area contributed by atoms with Crippen LogP contribution in [-0.2, 0) is 24.9 Å². The van der Waals surface area contributed by atoms with E-state index in [1.807, 2.05) is 0 Å². The Morgan fingerprint density at radius 1 is 0.605 bits per heavy atom. The maximum atomic E-state index is 8.89. The first-order valence-electron chi connectivity index (χ1n) is 12.0. The van der Waals surface area contributed by atoms with E-state index in [0.29, 0.717) is 0 Å². The van der Waals surface area contributed by atoms with Gasteiger partial charge in [-0.05, 0) is 54.4 Å². The Morgan fingerprint density at radius 3 is 1.29 bits per heavy atom. The van der Waals surface area contributed by atoms with Crippen molar-refractivity contribution in [2.75, 3.05) is 22.9 Å². The molecule has 0 aliphatic carbocycles. The fraction of sp³-hybridized carbons (Fsp3) is 0.0938. The summed E-state index contributed by atoms with van der Waals surface area (Å²) in [6.45, 7) is 2.86. The van der Waals surface area contributed by atoms with Crippen molar-refractivity contribution >= 4 is 40.9 Å². The van der Waals surface area contributed by atoms with E-state index in [9.17, 15) is 0 Å². The van der Waals surface area contributed by atoms with Crippen LogP contribution in [0.25, 0.3) is 12.2 Å². The second kappa shape index (κ2) is 15.9. The van der Waals surface area contributed by atoms with E-state index in [1.165, 1.54) is 33.9 Å². The van der Waals surface area contributed by atoms with Gasteiger partial charge in [0.2, 0.25) is 0 Å². The fourth-order valence-electron chi connectivity index (χ4n) is 4.22. The molecule has 0 fully saturated rings. The Balaban J connectivity index is 0.000000224. The summed E-state index contributed by atoms with van der Waals surface area (Å²) in [4.78, 5) is 13.5. The molecule has 4 aromatic rings. The number of carbonyl (C=O) groups excluding carboxylic acids is 1. The van der Waals surface area contributed by atoms with Crippen LogP contribution in [0.15, 0.2) is 121 Å². The van der Waals surface area contributed by atoms with E-state index in [-0.39, 0.29) is 44.1 Å². The SMILES string of the molecule is C1=Cc2ccccc2N(c2ccccc2)C1.C1=Cc2ccccc2N(c2ccccc2)C1.CC(=O)[O-].[I-].[Ir]. The summed E-state index contributed by atoms with van der Waals surface area (Å²) in [5.41, 5.74) is 7.65. The number of benzene rings is 4. The zero-order valence-corrected chi connectivity index (χ0v) is 25.6. The number of halogens is 1. The van der Waals surface area contributed by atoms with Gasteiger partial charge in [0.25, 0.3) is 0 Å². The smallest absolute Gasteiger partial charge is 0.0487 e. The molecule has 2 aliphatic heterocycles. The number of nitrogens with zero attached hydrogens (tertiary/aromatic N) is 2. The van der Waals surface area contributed by atoms with Crippen LogP contribution in [0, 0.1) is 0 Å². The molecule has 0 aromatic heterocycles. The third-order valence-electron chi connectivity index (χ3n) is 5.76. The molecule has 2 heterocycles. The molecule has 0 N–H and O–H groups in total. The van der Waals surface area contributed by atoms with E-state index in [1.54, 1.807) is 0 Å². The molecule has 4 aromatic carbocycles. The van der Waals surface area contributed by atoms with Gasteiger partial charge in [-0.1, -0.05) is 97.1 Å². The minimum Gasteiger partial charge on any atom is -1.00 e. The van der Waals surface area contributed by atoms with Crippen LogP contribution in [0.5, 0.6) is 0 Å². The van der Waals surface area contributed by atoms with Gasteiger partial charge in [-0.25, -0.2) is 0 Å². The van der Waals surface area contributed by atoms with Crippen molar-refractivity contribution < 1.29 is 54.0 Å². The van der Waals surface area contributed by atoms with E-state index < -0.39 is 5.97 Å². The standard InChI is InChI=1S/2C15H13N.C2H4O2.HI.Ir/c2*1-2-9-14(10-3-1)16-12-6-8-13-7-4-5-11-15(13)16;1-2(3)4;;/h2*1-11H,12H2;1H3,(H,3,4);1H;/p-2. The number of para-hydroxylation sites is 4. The second-order valence-electron chi connectivity index (χ2n) is 8.31. The molecule has 4 nitrogen and oxygen atoms in total. The molecular formula is C32H29IIrN2O2-2.